The van der Waals surface area contributed by atoms with Crippen LogP contribution in [-0.4, -0.2) is 30.5 Å². The summed E-state index contributed by atoms with van der Waals surface area (Å²) < 4.78 is 2.11. The molecule has 0 aliphatic rings. The van der Waals surface area contributed by atoms with Crippen LogP contribution in [-0.2, 0) is 0 Å². The van der Waals surface area contributed by atoms with Crippen molar-refractivity contribution in [2.24, 2.45) is 0 Å². The molecule has 0 fully saturated rings. The van der Waals surface area contributed by atoms with E-state index in [0.29, 0.717) is 11.1 Å². The first-order valence-electron chi connectivity index (χ1n) is 9.00. The quantitative estimate of drug-likeness (QED) is 0.687. The first-order valence-corrected chi connectivity index (χ1v) is 9.00. The summed E-state index contributed by atoms with van der Waals surface area (Å²) in [6.45, 7) is 4.07. The molecule has 0 radical (unpaired) electrons. The third-order valence-corrected chi connectivity index (χ3v) is 4.57. The molecule has 6 nitrogen and oxygen atoms in total. The summed E-state index contributed by atoms with van der Waals surface area (Å²) in [4.78, 5) is 26.5. The van der Waals surface area contributed by atoms with Gasteiger partial charge >= 0.3 is 0 Å². The second-order valence-corrected chi connectivity index (χ2v) is 6.85. The molecule has 0 spiro atoms. The Bertz CT molecular complexity index is 984. The maximum absolute atomic E-state index is 12.3. The molecule has 2 aromatic carbocycles. The zero-order chi connectivity index (χ0) is 20.3. The Morgan fingerprint density at radius 2 is 1.36 bits per heavy atom. The number of nitrogens with zero attached hydrogens (tertiary/aromatic N) is 2. The lowest BCUT2D eigenvalue weighted by Gasteiger charge is -2.14. The molecular formula is C22H24N4O2. The molecule has 3 rings (SSSR count). The van der Waals surface area contributed by atoms with Crippen molar-refractivity contribution in [2.45, 2.75) is 13.8 Å². The van der Waals surface area contributed by atoms with Gasteiger partial charge in [-0.2, -0.15) is 0 Å². The van der Waals surface area contributed by atoms with Crippen LogP contribution in [0.2, 0.25) is 0 Å². The maximum atomic E-state index is 12.3. The largest absolute Gasteiger partial charge is 0.378 e. The smallest absolute Gasteiger partial charge is 0.269 e. The van der Waals surface area contributed by atoms with Gasteiger partial charge < -0.3 is 9.47 Å². The van der Waals surface area contributed by atoms with E-state index in [2.05, 4.69) is 27.6 Å². The molecule has 1 heterocycles. The Kier molecular flexibility index (Phi) is 5.49. The van der Waals surface area contributed by atoms with E-state index in [0.717, 1.165) is 22.8 Å². The minimum absolute atomic E-state index is 0.368. The second-order valence-electron chi connectivity index (χ2n) is 6.85. The molecule has 144 valence electrons. The summed E-state index contributed by atoms with van der Waals surface area (Å²) in [7, 11) is 3.80. The minimum atomic E-state index is -0.371. The summed E-state index contributed by atoms with van der Waals surface area (Å²) in [5.41, 5.74) is 10.0. The van der Waals surface area contributed by atoms with Gasteiger partial charge in [-0.25, -0.2) is 0 Å². The number of hydrazine groups is 1. The van der Waals surface area contributed by atoms with E-state index in [-0.39, 0.29) is 11.8 Å². The molecule has 0 aliphatic carbocycles. The van der Waals surface area contributed by atoms with Crippen LogP contribution in [0.4, 0.5) is 5.69 Å². The van der Waals surface area contributed by atoms with Crippen molar-refractivity contribution in [2.75, 3.05) is 19.0 Å². The minimum Gasteiger partial charge on any atom is -0.378 e. The van der Waals surface area contributed by atoms with Crippen LogP contribution in [0, 0.1) is 13.8 Å². The Morgan fingerprint density at radius 1 is 0.786 bits per heavy atom. The highest BCUT2D eigenvalue weighted by Crippen LogP contribution is 2.17. The molecule has 2 amide bonds. The van der Waals surface area contributed by atoms with Crippen LogP contribution in [0.5, 0.6) is 0 Å². The third-order valence-electron chi connectivity index (χ3n) is 4.57. The molecule has 6 heteroatoms. The molecule has 0 saturated carbocycles. The zero-order valence-corrected chi connectivity index (χ0v) is 16.5. The van der Waals surface area contributed by atoms with Gasteiger partial charge in [-0.3, -0.25) is 20.4 Å². The lowest BCUT2D eigenvalue weighted by Crippen LogP contribution is -2.41. The monoisotopic (exact) mass is 376 g/mol. The van der Waals surface area contributed by atoms with Gasteiger partial charge in [-0.15, -0.1) is 0 Å². The van der Waals surface area contributed by atoms with Crippen molar-refractivity contribution >= 4 is 17.5 Å². The van der Waals surface area contributed by atoms with Crippen molar-refractivity contribution < 1.29 is 9.59 Å². The normalized spacial score (nSPS) is 10.4. The second kappa shape index (κ2) is 8.00. The fourth-order valence-electron chi connectivity index (χ4n) is 3.02. The predicted molar refractivity (Wildman–Crippen MR) is 111 cm³/mol. The van der Waals surface area contributed by atoms with Crippen molar-refractivity contribution in [1.82, 2.24) is 15.4 Å². The van der Waals surface area contributed by atoms with E-state index in [9.17, 15) is 9.59 Å². The Labute approximate surface area is 164 Å². The number of benzene rings is 2. The van der Waals surface area contributed by atoms with Gasteiger partial charge in [0.25, 0.3) is 11.8 Å². The summed E-state index contributed by atoms with van der Waals surface area (Å²) in [6.07, 6.45) is 0. The zero-order valence-electron chi connectivity index (χ0n) is 16.5. The predicted octanol–water partition coefficient (Wildman–Crippen LogP) is 3.23. The van der Waals surface area contributed by atoms with E-state index in [1.54, 1.807) is 30.3 Å². The molecule has 0 unspecified atom stereocenters. The molecule has 0 saturated heterocycles. The van der Waals surface area contributed by atoms with Gasteiger partial charge in [0.15, 0.2) is 0 Å². The maximum Gasteiger partial charge on any atom is 0.269 e. The van der Waals surface area contributed by atoms with Crippen LogP contribution in [0.25, 0.3) is 5.69 Å². The van der Waals surface area contributed by atoms with E-state index in [1.165, 1.54) is 0 Å². The van der Waals surface area contributed by atoms with Crippen LogP contribution >= 0.6 is 0 Å². The number of carbonyl (C=O) groups is 2. The van der Waals surface area contributed by atoms with Crippen LogP contribution in [0.3, 0.4) is 0 Å². The fourth-order valence-corrected chi connectivity index (χ4v) is 3.02. The molecule has 0 atom stereocenters. The Balaban J connectivity index is 1.65. The highest BCUT2D eigenvalue weighted by atomic mass is 16.2. The van der Waals surface area contributed by atoms with E-state index >= 15 is 0 Å². The summed E-state index contributed by atoms with van der Waals surface area (Å²) >= 11 is 0. The average Bonchev–Trinajstić information content (AvgIpc) is 3.04. The van der Waals surface area contributed by atoms with Crippen LogP contribution in [0.15, 0.2) is 60.7 Å². The van der Waals surface area contributed by atoms with Gasteiger partial charge in [0.1, 0.15) is 0 Å². The summed E-state index contributed by atoms with van der Waals surface area (Å²) in [5.74, 6) is -0.739. The Morgan fingerprint density at radius 3 is 1.93 bits per heavy atom. The van der Waals surface area contributed by atoms with Crippen molar-refractivity contribution in [3.63, 3.8) is 0 Å². The Hall–Kier alpha value is -3.54. The van der Waals surface area contributed by atoms with E-state index < -0.39 is 0 Å². The number of rotatable bonds is 4. The molecule has 3 aromatic rings. The van der Waals surface area contributed by atoms with Gasteiger partial charge in [0, 0.05) is 48.0 Å². The number of hydrogen-bond donors (Lipinski definition) is 2. The summed E-state index contributed by atoms with van der Waals surface area (Å²) in [6, 6.07) is 18.5. The number of nitrogens with one attached hydrogen (secondary N) is 2. The molecule has 28 heavy (non-hydrogen) atoms. The standard InChI is InChI=1S/C22H24N4O2/c1-15-8-9-16(2)26(15)19-12-10-17(11-13-19)21(27)23-24-22(28)18-6-5-7-20(14-18)25(3)4/h5-14H,1-4H3,(H,23,27)(H,24,28). The first-order chi connectivity index (χ1) is 13.4. The van der Waals surface area contributed by atoms with Gasteiger partial charge in [-0.1, -0.05) is 6.07 Å². The highest BCUT2D eigenvalue weighted by molar-refractivity contribution is 5.99. The molecule has 0 aliphatic heterocycles. The van der Waals surface area contributed by atoms with Gasteiger partial charge in [-0.05, 0) is 68.4 Å². The average molecular weight is 376 g/mol. The topological polar surface area (TPSA) is 66.4 Å². The number of aromatic nitrogens is 1. The van der Waals surface area contributed by atoms with E-state index in [4.69, 9.17) is 0 Å². The first kappa shape index (κ1) is 19.2. The lowest BCUT2D eigenvalue weighted by atomic mass is 10.2. The van der Waals surface area contributed by atoms with Gasteiger partial charge in [0.2, 0.25) is 0 Å². The summed E-state index contributed by atoms with van der Waals surface area (Å²) in [5, 5.41) is 0. The number of aryl methyl sites for hydroxylation is 2. The van der Waals surface area contributed by atoms with Crippen molar-refractivity contribution in [3.8, 4) is 5.69 Å². The van der Waals surface area contributed by atoms with E-state index in [1.807, 2.05) is 51.0 Å². The number of amides is 2. The lowest BCUT2D eigenvalue weighted by molar-refractivity contribution is 0.0846. The van der Waals surface area contributed by atoms with Crippen LogP contribution < -0.4 is 15.8 Å². The SMILES string of the molecule is Cc1ccc(C)n1-c1ccc(C(=O)NNC(=O)c2cccc(N(C)C)c2)cc1. The van der Waals surface area contributed by atoms with Crippen molar-refractivity contribution in [1.29, 1.82) is 0 Å². The highest BCUT2D eigenvalue weighted by Gasteiger charge is 2.11. The molecule has 2 N–H and O–H groups in total. The molecule has 1 aromatic heterocycles. The number of carbonyl (C=O) groups excluding carboxylic acids is 2. The third kappa shape index (κ3) is 4.06. The van der Waals surface area contributed by atoms with Crippen LogP contribution in [0.1, 0.15) is 32.1 Å². The van der Waals surface area contributed by atoms with Crippen molar-refractivity contribution in [3.05, 3.63) is 83.2 Å². The number of anilines is 1. The molecular weight excluding hydrogens is 352 g/mol. The van der Waals surface area contributed by atoms with Gasteiger partial charge in [0.05, 0.1) is 0 Å². The number of hydrogen-bond acceptors (Lipinski definition) is 3. The fraction of sp³-hybridized carbons (Fsp3) is 0.182. The molecule has 0 bridgehead atoms.